The number of nitrogens with zero attached hydrogens (tertiary/aromatic N) is 1. The number of nitrogens with one attached hydrogen (secondary N) is 1. The molecule has 90 valence electrons. The van der Waals surface area contributed by atoms with Crippen molar-refractivity contribution >= 4 is 11.3 Å². The van der Waals surface area contributed by atoms with Gasteiger partial charge in [0.05, 0.1) is 5.01 Å². The number of aromatic nitrogens is 1. The van der Waals surface area contributed by atoms with Gasteiger partial charge in [-0.05, 0) is 24.6 Å². The number of aryl methyl sites for hydroxylation is 1. The first kappa shape index (κ1) is 12.1. The smallest absolute Gasteiger partial charge is 0.115 e. The average Bonchev–Trinajstić information content (AvgIpc) is 2.73. The normalized spacial score (nSPS) is 10.6. The van der Waals surface area contributed by atoms with E-state index >= 15 is 0 Å². The number of phenols is 1. The fraction of sp³-hybridized carbons (Fsp3) is 0.308. The first-order chi connectivity index (χ1) is 8.24. The van der Waals surface area contributed by atoms with Gasteiger partial charge >= 0.3 is 0 Å². The van der Waals surface area contributed by atoms with Gasteiger partial charge in [-0.2, -0.15) is 0 Å². The number of thiazole rings is 1. The highest BCUT2D eigenvalue weighted by Gasteiger charge is 1.98. The van der Waals surface area contributed by atoms with Crippen molar-refractivity contribution in [3.05, 3.63) is 45.9 Å². The van der Waals surface area contributed by atoms with Gasteiger partial charge in [0.1, 0.15) is 5.75 Å². The Morgan fingerprint density at radius 2 is 2.06 bits per heavy atom. The first-order valence-electron chi connectivity index (χ1n) is 5.63. The fourth-order valence-corrected chi connectivity index (χ4v) is 2.34. The van der Waals surface area contributed by atoms with E-state index in [1.807, 2.05) is 19.1 Å². The van der Waals surface area contributed by atoms with Crippen LogP contribution < -0.4 is 5.32 Å². The second-order valence-corrected chi connectivity index (χ2v) is 4.92. The second-order valence-electron chi connectivity index (χ2n) is 3.98. The van der Waals surface area contributed by atoms with Crippen molar-refractivity contribution in [1.82, 2.24) is 10.3 Å². The zero-order valence-corrected chi connectivity index (χ0v) is 10.6. The lowest BCUT2D eigenvalue weighted by Crippen LogP contribution is -2.16. The predicted molar refractivity (Wildman–Crippen MR) is 70.4 cm³/mol. The third-order valence-corrected chi connectivity index (χ3v) is 3.47. The van der Waals surface area contributed by atoms with Crippen molar-refractivity contribution in [2.75, 3.05) is 6.54 Å². The van der Waals surface area contributed by atoms with E-state index in [2.05, 4.69) is 15.7 Å². The van der Waals surface area contributed by atoms with E-state index in [1.165, 1.54) is 10.6 Å². The van der Waals surface area contributed by atoms with Crippen LogP contribution in [0.5, 0.6) is 5.75 Å². The molecule has 2 aromatic rings. The van der Waals surface area contributed by atoms with Crippen LogP contribution in [-0.4, -0.2) is 16.6 Å². The van der Waals surface area contributed by atoms with Crippen LogP contribution in [0.4, 0.5) is 0 Å². The lowest BCUT2D eigenvalue weighted by Gasteiger charge is -2.03. The van der Waals surface area contributed by atoms with E-state index in [9.17, 15) is 0 Å². The number of hydrogen-bond donors (Lipinski definition) is 2. The Bertz CT molecular complexity index is 465. The Hall–Kier alpha value is -1.39. The molecule has 0 saturated heterocycles. The van der Waals surface area contributed by atoms with Crippen LogP contribution in [0.2, 0.25) is 0 Å². The van der Waals surface area contributed by atoms with E-state index in [1.54, 1.807) is 23.5 Å². The highest BCUT2D eigenvalue weighted by molar-refractivity contribution is 7.09. The molecule has 0 aliphatic heterocycles. The van der Waals surface area contributed by atoms with Crippen molar-refractivity contribution in [3.63, 3.8) is 0 Å². The summed E-state index contributed by atoms with van der Waals surface area (Å²) in [6, 6.07) is 7.27. The van der Waals surface area contributed by atoms with Crippen LogP contribution in [0.3, 0.4) is 0 Å². The van der Waals surface area contributed by atoms with E-state index < -0.39 is 0 Å². The Morgan fingerprint density at radius 3 is 2.71 bits per heavy atom. The van der Waals surface area contributed by atoms with Gasteiger partial charge in [-0.25, -0.2) is 4.98 Å². The van der Waals surface area contributed by atoms with Gasteiger partial charge < -0.3 is 10.4 Å². The van der Waals surface area contributed by atoms with Gasteiger partial charge in [-0.1, -0.05) is 12.1 Å². The molecule has 0 atom stereocenters. The maximum Gasteiger partial charge on any atom is 0.115 e. The largest absolute Gasteiger partial charge is 0.508 e. The summed E-state index contributed by atoms with van der Waals surface area (Å²) in [6.45, 7) is 3.77. The van der Waals surface area contributed by atoms with Crippen molar-refractivity contribution in [2.24, 2.45) is 0 Å². The molecule has 2 rings (SSSR count). The minimum atomic E-state index is 0.312. The maximum absolute atomic E-state index is 9.15. The van der Waals surface area contributed by atoms with E-state index in [4.69, 9.17) is 5.11 Å². The van der Waals surface area contributed by atoms with E-state index in [0.717, 1.165) is 25.2 Å². The zero-order valence-electron chi connectivity index (χ0n) is 9.81. The quantitative estimate of drug-likeness (QED) is 0.799. The molecule has 0 aliphatic rings. The van der Waals surface area contributed by atoms with Crippen molar-refractivity contribution in [3.8, 4) is 5.75 Å². The molecule has 3 nitrogen and oxygen atoms in total. The average molecular weight is 248 g/mol. The van der Waals surface area contributed by atoms with Crippen molar-refractivity contribution in [2.45, 2.75) is 19.9 Å². The second kappa shape index (κ2) is 5.80. The molecule has 17 heavy (non-hydrogen) atoms. The van der Waals surface area contributed by atoms with E-state index in [0.29, 0.717) is 5.75 Å². The summed E-state index contributed by atoms with van der Waals surface area (Å²) in [5.74, 6) is 0.312. The van der Waals surface area contributed by atoms with Crippen LogP contribution >= 0.6 is 11.3 Å². The highest BCUT2D eigenvalue weighted by atomic mass is 32.1. The molecule has 0 bridgehead atoms. The van der Waals surface area contributed by atoms with E-state index in [-0.39, 0.29) is 0 Å². The molecule has 4 heteroatoms. The number of aromatic hydroxyl groups is 1. The van der Waals surface area contributed by atoms with Gasteiger partial charge in [0, 0.05) is 30.6 Å². The molecule has 0 aliphatic carbocycles. The molecule has 0 unspecified atom stereocenters. The molecule has 0 spiro atoms. The van der Waals surface area contributed by atoms with Gasteiger partial charge in [0.15, 0.2) is 0 Å². The maximum atomic E-state index is 9.15. The first-order valence-corrected chi connectivity index (χ1v) is 6.51. The van der Waals surface area contributed by atoms with Crippen LogP contribution in [0.15, 0.2) is 29.6 Å². The van der Waals surface area contributed by atoms with Crippen LogP contribution in [0, 0.1) is 6.92 Å². The molecule has 1 aromatic heterocycles. The lowest BCUT2D eigenvalue weighted by molar-refractivity contribution is 0.475. The third kappa shape index (κ3) is 3.84. The molecule has 0 amide bonds. The molecule has 1 aromatic carbocycles. The lowest BCUT2D eigenvalue weighted by atomic mass is 10.2. The predicted octanol–water partition coefficient (Wildman–Crippen LogP) is 2.49. The van der Waals surface area contributed by atoms with Crippen LogP contribution in [-0.2, 0) is 13.0 Å². The summed E-state index contributed by atoms with van der Waals surface area (Å²) in [5.41, 5.74) is 2.28. The van der Waals surface area contributed by atoms with Gasteiger partial charge in [0.2, 0.25) is 0 Å². The number of benzene rings is 1. The van der Waals surface area contributed by atoms with Gasteiger partial charge in [-0.15, -0.1) is 11.3 Å². The molecule has 0 fully saturated rings. The molecule has 2 N–H and O–H groups in total. The topological polar surface area (TPSA) is 45.1 Å². The van der Waals surface area contributed by atoms with Crippen molar-refractivity contribution in [1.29, 1.82) is 0 Å². The minimum Gasteiger partial charge on any atom is -0.508 e. The van der Waals surface area contributed by atoms with Gasteiger partial charge in [-0.3, -0.25) is 0 Å². The summed E-state index contributed by atoms with van der Waals surface area (Å²) < 4.78 is 0. The number of hydrogen-bond acceptors (Lipinski definition) is 4. The van der Waals surface area contributed by atoms with Crippen molar-refractivity contribution < 1.29 is 5.11 Å². The monoisotopic (exact) mass is 248 g/mol. The summed E-state index contributed by atoms with van der Waals surface area (Å²) >= 11 is 1.71. The zero-order chi connectivity index (χ0) is 12.1. The Kier molecular flexibility index (Phi) is 4.12. The Morgan fingerprint density at radius 1 is 1.29 bits per heavy atom. The molecule has 0 radical (unpaired) electrons. The van der Waals surface area contributed by atoms with Gasteiger partial charge in [0.25, 0.3) is 0 Å². The van der Waals surface area contributed by atoms with Crippen LogP contribution in [0.1, 0.15) is 16.3 Å². The summed E-state index contributed by atoms with van der Waals surface area (Å²) in [6.07, 6.45) is 0.969. The fourth-order valence-electron chi connectivity index (χ4n) is 1.56. The minimum absolute atomic E-state index is 0.312. The summed E-state index contributed by atoms with van der Waals surface area (Å²) in [5, 5.41) is 15.8. The van der Waals surface area contributed by atoms with Crippen LogP contribution in [0.25, 0.3) is 0 Å². The molecular formula is C13H16N2OS. The summed E-state index contributed by atoms with van der Waals surface area (Å²) in [4.78, 5) is 4.41. The SMILES string of the molecule is Cc1csc(CCNCc2ccc(O)cc2)n1. The summed E-state index contributed by atoms with van der Waals surface area (Å²) in [7, 11) is 0. The number of phenolic OH excluding ortho intramolecular Hbond substituents is 1. The molecule has 0 saturated carbocycles. The highest BCUT2D eigenvalue weighted by Crippen LogP contribution is 2.10. The Labute approximate surface area is 105 Å². The molecule has 1 heterocycles. The third-order valence-electron chi connectivity index (χ3n) is 2.45. The number of rotatable bonds is 5. The molecular weight excluding hydrogens is 232 g/mol. The standard InChI is InChI=1S/C13H16N2OS/c1-10-9-17-13(15-10)6-7-14-8-11-2-4-12(16)5-3-11/h2-5,9,14,16H,6-8H2,1H3. The Balaban J connectivity index is 1.71.